The Bertz CT molecular complexity index is 1630. The zero-order valence-electron chi connectivity index (χ0n) is 24.7. The molecule has 5 N–H and O–H groups in total. The fourth-order valence-electron chi connectivity index (χ4n) is 4.84. The number of nitrogens with zero attached hydrogens (tertiary/aromatic N) is 5. The number of nitrogens with one attached hydrogen (secondary N) is 3. The predicted molar refractivity (Wildman–Crippen MR) is 157 cm³/mol. The van der Waals surface area contributed by atoms with Crippen molar-refractivity contribution in [3.8, 4) is 11.3 Å². The second-order valence-corrected chi connectivity index (χ2v) is 10.3. The molecule has 4 heterocycles. The molecule has 0 saturated carbocycles. The number of benzene rings is 1. The van der Waals surface area contributed by atoms with E-state index in [1.807, 2.05) is 13.8 Å². The van der Waals surface area contributed by atoms with Crippen LogP contribution in [0.1, 0.15) is 54.7 Å². The van der Waals surface area contributed by atoms with Crippen molar-refractivity contribution in [1.82, 2.24) is 34.8 Å². The molecule has 45 heavy (non-hydrogen) atoms. The highest BCUT2D eigenvalue weighted by Crippen LogP contribution is 2.37. The molecule has 1 aliphatic heterocycles. The molecule has 3 aromatic heterocycles. The summed E-state index contributed by atoms with van der Waals surface area (Å²) in [5, 5.41) is 12.3. The van der Waals surface area contributed by atoms with Crippen LogP contribution in [0.15, 0.2) is 43.0 Å². The third kappa shape index (κ3) is 8.12. The van der Waals surface area contributed by atoms with Crippen LogP contribution in [-0.4, -0.2) is 61.5 Å². The Balaban J connectivity index is 0.000000501. The molecule has 0 aliphatic carbocycles. The number of anilines is 2. The van der Waals surface area contributed by atoms with Crippen LogP contribution in [0, 0.1) is 0 Å². The van der Waals surface area contributed by atoms with Crippen LogP contribution in [0.3, 0.4) is 0 Å². The number of nitrogens with two attached hydrogens (primary N) is 1. The normalized spacial score (nSPS) is 14.8. The van der Waals surface area contributed by atoms with Gasteiger partial charge in [-0.25, -0.2) is 18.7 Å². The van der Waals surface area contributed by atoms with Gasteiger partial charge in [0.2, 0.25) is 5.91 Å². The summed E-state index contributed by atoms with van der Waals surface area (Å²) in [7, 11) is 0. The zero-order valence-corrected chi connectivity index (χ0v) is 24.7. The lowest BCUT2D eigenvalue weighted by molar-refractivity contribution is -0.141. The number of carbonyl (C=O) groups excluding carboxylic acids is 2. The van der Waals surface area contributed by atoms with E-state index in [1.54, 1.807) is 18.2 Å². The number of hydrogen-bond donors (Lipinski definition) is 4. The van der Waals surface area contributed by atoms with Crippen molar-refractivity contribution in [1.29, 1.82) is 0 Å². The standard InChI is InChI=1S/C24H24F5N7O.C5H10N2O/c1-3-7-31-23(37)16-6-5-15(10-14(16)4-2)33-21-22-32-11-18(36(22)9-8-30-21)17-12-35(13-19(25)26)34-20(17)24(27,28)29;6-5(8)4-2-1-3-7-4/h5-6,8-12,19H,3-4,7,13H2,1-2H3,(H,30,33)(H,31,37);4,7H,1-3H2,(H2,6,8). The van der Waals surface area contributed by atoms with Crippen molar-refractivity contribution in [2.75, 3.05) is 18.4 Å². The number of fused-ring (bicyclic) bond motifs is 1. The van der Waals surface area contributed by atoms with E-state index >= 15 is 0 Å². The molecular formula is C29H34F5N9O2. The largest absolute Gasteiger partial charge is 0.435 e. The maximum atomic E-state index is 13.6. The van der Waals surface area contributed by atoms with Crippen molar-refractivity contribution in [2.45, 2.75) is 64.7 Å². The molecule has 1 aromatic carbocycles. The quantitative estimate of drug-likeness (QED) is 0.187. The number of alkyl halides is 5. The number of aromatic nitrogens is 5. The van der Waals surface area contributed by atoms with Crippen LogP contribution in [0.5, 0.6) is 0 Å². The first-order valence-electron chi connectivity index (χ1n) is 14.4. The summed E-state index contributed by atoms with van der Waals surface area (Å²) in [6.07, 6.45) is 0.613. The Morgan fingerprint density at radius 1 is 1.20 bits per heavy atom. The molecule has 1 unspecified atom stereocenters. The molecule has 16 heteroatoms. The summed E-state index contributed by atoms with van der Waals surface area (Å²) >= 11 is 0. The van der Waals surface area contributed by atoms with Gasteiger partial charge in [0.1, 0.15) is 6.54 Å². The molecule has 11 nitrogen and oxygen atoms in total. The first-order valence-corrected chi connectivity index (χ1v) is 14.4. The number of imidazole rings is 1. The summed E-state index contributed by atoms with van der Waals surface area (Å²) in [6, 6.07) is 5.14. The molecular weight excluding hydrogens is 601 g/mol. The fraction of sp³-hybridized carbons (Fsp3) is 0.414. The summed E-state index contributed by atoms with van der Waals surface area (Å²) in [5.74, 6) is -0.133. The Morgan fingerprint density at radius 2 is 1.98 bits per heavy atom. The highest BCUT2D eigenvalue weighted by Gasteiger charge is 2.38. The summed E-state index contributed by atoms with van der Waals surface area (Å²) in [4.78, 5) is 31.3. The number of aryl methyl sites for hydroxylation is 1. The van der Waals surface area contributed by atoms with Gasteiger partial charge in [0.05, 0.1) is 23.5 Å². The number of amides is 2. The molecule has 2 amide bonds. The summed E-state index contributed by atoms with van der Waals surface area (Å²) in [5.41, 5.74) is 5.53. The van der Waals surface area contributed by atoms with Crippen LogP contribution in [-0.2, 0) is 23.9 Å². The van der Waals surface area contributed by atoms with E-state index in [0.29, 0.717) is 28.9 Å². The van der Waals surface area contributed by atoms with Gasteiger partial charge in [-0.05, 0) is 56.0 Å². The molecule has 4 aromatic rings. The molecule has 1 atom stereocenters. The Hall–Kier alpha value is -4.60. The molecule has 0 radical (unpaired) electrons. The van der Waals surface area contributed by atoms with Gasteiger partial charge in [0.25, 0.3) is 12.3 Å². The third-order valence-corrected chi connectivity index (χ3v) is 6.99. The molecule has 0 bridgehead atoms. The van der Waals surface area contributed by atoms with E-state index in [4.69, 9.17) is 5.73 Å². The second-order valence-electron chi connectivity index (χ2n) is 10.3. The molecule has 1 saturated heterocycles. The lowest BCUT2D eigenvalue weighted by atomic mass is 10.0. The summed E-state index contributed by atoms with van der Waals surface area (Å²) in [6.45, 7) is 4.41. The highest BCUT2D eigenvalue weighted by atomic mass is 19.4. The van der Waals surface area contributed by atoms with Crippen molar-refractivity contribution < 1.29 is 31.5 Å². The summed E-state index contributed by atoms with van der Waals surface area (Å²) < 4.78 is 68.5. The van der Waals surface area contributed by atoms with Gasteiger partial charge in [0.15, 0.2) is 17.2 Å². The lowest BCUT2D eigenvalue weighted by Gasteiger charge is -2.12. The van der Waals surface area contributed by atoms with E-state index < -0.39 is 24.8 Å². The maximum Gasteiger partial charge on any atom is 0.435 e. The Morgan fingerprint density at radius 3 is 2.58 bits per heavy atom. The van der Waals surface area contributed by atoms with Gasteiger partial charge in [-0.1, -0.05) is 13.8 Å². The van der Waals surface area contributed by atoms with E-state index in [9.17, 15) is 31.5 Å². The van der Waals surface area contributed by atoms with Gasteiger partial charge >= 0.3 is 6.18 Å². The van der Waals surface area contributed by atoms with Crippen LogP contribution in [0.2, 0.25) is 0 Å². The topological polar surface area (TPSA) is 144 Å². The first kappa shape index (κ1) is 33.3. The minimum atomic E-state index is -4.86. The number of rotatable bonds is 10. The SMILES string of the molecule is CCCNC(=O)c1ccc(Nc2nccn3c(-c4cn(CC(F)F)nc4C(F)(F)F)cnc23)cc1CC.NC(=O)C1CCCN1. The highest BCUT2D eigenvalue weighted by molar-refractivity contribution is 5.96. The molecule has 1 aliphatic rings. The van der Waals surface area contributed by atoms with Gasteiger partial charge in [-0.2, -0.15) is 18.3 Å². The van der Waals surface area contributed by atoms with Crippen molar-refractivity contribution in [2.24, 2.45) is 5.73 Å². The minimum Gasteiger partial charge on any atom is -0.368 e. The smallest absolute Gasteiger partial charge is 0.368 e. The number of hydrogen-bond acceptors (Lipinski definition) is 7. The van der Waals surface area contributed by atoms with Crippen LogP contribution in [0.25, 0.3) is 16.9 Å². The number of carbonyl (C=O) groups is 2. The first-order chi connectivity index (χ1) is 21.4. The van der Waals surface area contributed by atoms with E-state index in [2.05, 4.69) is 31.0 Å². The average Bonchev–Trinajstić information content (AvgIpc) is 3.76. The monoisotopic (exact) mass is 635 g/mol. The van der Waals surface area contributed by atoms with Gasteiger partial charge in [0, 0.05) is 36.4 Å². The van der Waals surface area contributed by atoms with Gasteiger partial charge in [-0.3, -0.25) is 18.7 Å². The predicted octanol–water partition coefficient (Wildman–Crippen LogP) is 4.55. The van der Waals surface area contributed by atoms with Gasteiger partial charge in [-0.15, -0.1) is 0 Å². The zero-order chi connectivity index (χ0) is 32.7. The van der Waals surface area contributed by atoms with Crippen molar-refractivity contribution >= 4 is 29.0 Å². The van der Waals surface area contributed by atoms with Crippen LogP contribution >= 0.6 is 0 Å². The lowest BCUT2D eigenvalue weighted by Crippen LogP contribution is -2.36. The molecule has 0 spiro atoms. The molecule has 1 fully saturated rings. The molecule has 242 valence electrons. The van der Waals surface area contributed by atoms with E-state index in [0.717, 1.165) is 37.6 Å². The maximum absolute atomic E-state index is 13.6. The third-order valence-electron chi connectivity index (χ3n) is 6.99. The fourth-order valence-corrected chi connectivity index (χ4v) is 4.84. The van der Waals surface area contributed by atoms with Crippen LogP contribution < -0.4 is 21.7 Å². The minimum absolute atomic E-state index is 0.0190. The second kappa shape index (κ2) is 14.5. The van der Waals surface area contributed by atoms with Crippen LogP contribution in [0.4, 0.5) is 33.5 Å². The molecule has 5 rings (SSSR count). The van der Waals surface area contributed by atoms with E-state index in [-0.39, 0.29) is 40.6 Å². The van der Waals surface area contributed by atoms with Crippen molar-refractivity contribution in [3.63, 3.8) is 0 Å². The van der Waals surface area contributed by atoms with E-state index in [1.165, 1.54) is 23.0 Å². The number of halogens is 5. The Labute approximate surface area is 255 Å². The average molecular weight is 636 g/mol. The number of primary amides is 1. The van der Waals surface area contributed by atoms with Gasteiger partial charge < -0.3 is 21.7 Å². The van der Waals surface area contributed by atoms with Crippen molar-refractivity contribution in [3.05, 3.63) is 59.8 Å². The Kier molecular flexibility index (Phi) is 10.7.